The van der Waals surface area contributed by atoms with Gasteiger partial charge in [-0.2, -0.15) is 0 Å². The third-order valence-corrected chi connectivity index (χ3v) is 2.48. The maximum absolute atomic E-state index is 10.3. The molecule has 90 valence electrons. The Kier molecular flexibility index (Phi) is 3.66. The van der Waals surface area contributed by atoms with Crippen molar-refractivity contribution in [1.82, 2.24) is 0 Å². The van der Waals surface area contributed by atoms with Gasteiger partial charge in [-0.1, -0.05) is 0 Å². The normalized spacial score (nSPS) is 42.9. The molecule has 1 aliphatic heterocycles. The van der Waals surface area contributed by atoms with E-state index in [-0.39, 0.29) is 0 Å². The summed E-state index contributed by atoms with van der Waals surface area (Å²) in [5.74, 6) is 0. The van der Waals surface area contributed by atoms with E-state index < -0.39 is 41.1 Å². The first-order valence-electron chi connectivity index (χ1n) is 4.06. The number of aliphatic hydroxyl groups excluding tert-OH is 3. The highest BCUT2D eigenvalue weighted by atomic mass is 32.3. The molecule has 0 bridgehead atoms. The molecule has 1 fully saturated rings. The molecule has 0 radical (unpaired) electrons. The van der Waals surface area contributed by atoms with Crippen LogP contribution in [0, 0.1) is 0 Å². The fraction of sp³-hybridized carbons (Fsp3) is 1.00. The predicted octanol–water partition coefficient (Wildman–Crippen LogP) is -2.71. The van der Waals surface area contributed by atoms with Crippen molar-refractivity contribution in [3.8, 4) is 0 Å². The fourth-order valence-electron chi connectivity index (χ4n) is 1.29. The molecule has 8 nitrogen and oxygen atoms in total. The lowest BCUT2D eigenvalue weighted by molar-refractivity contribution is -0.273. The smallest absolute Gasteiger partial charge is 0.218 e. The molecule has 3 N–H and O–H groups in total. The fourth-order valence-corrected chi connectivity index (χ4v) is 1.83. The molecule has 5 atom stereocenters. The molecular weight excluding hydrogens is 232 g/mol. The highest BCUT2D eigenvalue weighted by molar-refractivity contribution is 7.80. The number of hydrogen-bond acceptors (Lipinski definition) is 8. The van der Waals surface area contributed by atoms with Crippen LogP contribution in [0.3, 0.4) is 0 Å². The van der Waals surface area contributed by atoms with Crippen molar-refractivity contribution in [3.05, 3.63) is 0 Å². The van der Waals surface area contributed by atoms with Gasteiger partial charge in [0.15, 0.2) is 6.29 Å². The Hall–Kier alpha value is -0.290. The van der Waals surface area contributed by atoms with Crippen molar-refractivity contribution >= 4 is 10.4 Å². The largest absolute Gasteiger partial charge is 0.726 e. The van der Waals surface area contributed by atoms with Crippen LogP contribution in [0.25, 0.3) is 0 Å². The number of hydrogen-bond donors (Lipinski definition) is 3. The van der Waals surface area contributed by atoms with Gasteiger partial charge >= 0.3 is 0 Å². The van der Waals surface area contributed by atoms with E-state index in [1.807, 2.05) is 0 Å². The summed E-state index contributed by atoms with van der Waals surface area (Å²) in [7, 11) is -5.01. The zero-order chi connectivity index (χ0) is 11.8. The van der Waals surface area contributed by atoms with Gasteiger partial charge in [0, 0.05) is 0 Å². The summed E-state index contributed by atoms with van der Waals surface area (Å²) in [4.78, 5) is 0. The lowest BCUT2D eigenvalue weighted by Gasteiger charge is -2.39. The lowest BCUT2D eigenvalue weighted by Crippen LogP contribution is -2.57. The summed E-state index contributed by atoms with van der Waals surface area (Å²) in [5, 5.41) is 27.5. The molecule has 0 aromatic rings. The highest BCUT2D eigenvalue weighted by Gasteiger charge is 2.43. The van der Waals surface area contributed by atoms with Crippen LogP contribution >= 0.6 is 0 Å². The van der Waals surface area contributed by atoms with Gasteiger partial charge in [-0.15, -0.1) is 0 Å². The van der Waals surface area contributed by atoms with Crippen LogP contribution < -0.4 is 0 Å². The first-order chi connectivity index (χ1) is 6.72. The molecule has 0 aliphatic carbocycles. The second-order valence-electron chi connectivity index (χ2n) is 3.18. The van der Waals surface area contributed by atoms with E-state index >= 15 is 0 Å². The molecule has 0 aromatic carbocycles. The summed E-state index contributed by atoms with van der Waals surface area (Å²) < 4.78 is 39.5. The van der Waals surface area contributed by atoms with Crippen LogP contribution in [0.5, 0.6) is 0 Å². The molecule has 0 spiro atoms. The molecule has 0 saturated carbocycles. The van der Waals surface area contributed by atoms with Crippen LogP contribution in [-0.2, 0) is 19.3 Å². The Bertz CT molecular complexity index is 313. The van der Waals surface area contributed by atoms with E-state index in [1.54, 1.807) is 0 Å². The molecule has 15 heavy (non-hydrogen) atoms. The minimum Gasteiger partial charge on any atom is -0.726 e. The first-order valence-corrected chi connectivity index (χ1v) is 5.39. The molecule has 1 heterocycles. The summed E-state index contributed by atoms with van der Waals surface area (Å²) in [6.07, 6.45) is -7.67. The van der Waals surface area contributed by atoms with Crippen LogP contribution in [0.2, 0.25) is 0 Å². The van der Waals surface area contributed by atoms with E-state index in [0.717, 1.165) is 0 Å². The molecule has 1 rings (SSSR count). The van der Waals surface area contributed by atoms with Gasteiger partial charge in [0.2, 0.25) is 10.4 Å². The number of aliphatic hydroxyl groups is 3. The lowest BCUT2D eigenvalue weighted by atomic mass is 10.0. The first kappa shape index (κ1) is 12.8. The van der Waals surface area contributed by atoms with Crippen LogP contribution in [0.4, 0.5) is 0 Å². The molecule has 0 aromatic heterocycles. The average molecular weight is 243 g/mol. The second kappa shape index (κ2) is 4.29. The zero-order valence-corrected chi connectivity index (χ0v) is 8.49. The van der Waals surface area contributed by atoms with Crippen LogP contribution in [0.15, 0.2) is 0 Å². The van der Waals surface area contributed by atoms with Crippen molar-refractivity contribution < 1.29 is 37.2 Å². The minimum absolute atomic E-state index is 1.04. The van der Waals surface area contributed by atoms with E-state index in [0.29, 0.717) is 0 Å². The van der Waals surface area contributed by atoms with Crippen molar-refractivity contribution in [1.29, 1.82) is 0 Å². The van der Waals surface area contributed by atoms with Gasteiger partial charge in [0.25, 0.3) is 0 Å². The van der Waals surface area contributed by atoms with Crippen molar-refractivity contribution in [2.75, 3.05) is 0 Å². The van der Waals surface area contributed by atoms with E-state index in [9.17, 15) is 18.1 Å². The maximum atomic E-state index is 10.3. The monoisotopic (exact) mass is 243 g/mol. The molecule has 0 amide bonds. The Morgan fingerprint density at radius 2 is 1.80 bits per heavy atom. The summed E-state index contributed by atoms with van der Waals surface area (Å²) in [6.45, 7) is 1.29. The Balaban J connectivity index is 2.79. The molecular formula is C6H11O8S-. The SMILES string of the molecule is C[C@@H]1O[C@H](O)[C@@H](O)[C@H](O)[C@@H]1OS(=O)(=O)[O-]. The van der Waals surface area contributed by atoms with Gasteiger partial charge in [-0.3, -0.25) is 4.18 Å². The highest BCUT2D eigenvalue weighted by Crippen LogP contribution is 2.22. The molecule has 9 heteroatoms. The van der Waals surface area contributed by atoms with E-state index in [4.69, 9.17) is 10.2 Å². The molecule has 1 saturated heterocycles. The predicted molar refractivity (Wildman–Crippen MR) is 43.1 cm³/mol. The minimum atomic E-state index is -5.01. The zero-order valence-electron chi connectivity index (χ0n) is 7.68. The van der Waals surface area contributed by atoms with Crippen molar-refractivity contribution in [2.24, 2.45) is 0 Å². The van der Waals surface area contributed by atoms with Crippen molar-refractivity contribution in [2.45, 2.75) is 37.6 Å². The van der Waals surface area contributed by atoms with Gasteiger partial charge in [0.1, 0.15) is 18.3 Å². The second-order valence-corrected chi connectivity index (χ2v) is 4.19. The Morgan fingerprint density at radius 3 is 2.27 bits per heavy atom. The Morgan fingerprint density at radius 1 is 1.27 bits per heavy atom. The topological polar surface area (TPSA) is 136 Å². The van der Waals surface area contributed by atoms with Gasteiger partial charge in [-0.05, 0) is 6.92 Å². The number of rotatable bonds is 2. The summed E-state index contributed by atoms with van der Waals surface area (Å²) >= 11 is 0. The summed E-state index contributed by atoms with van der Waals surface area (Å²) in [6, 6.07) is 0. The Labute approximate surface area is 86.0 Å². The van der Waals surface area contributed by atoms with Crippen LogP contribution in [0.1, 0.15) is 6.92 Å². The van der Waals surface area contributed by atoms with Gasteiger partial charge < -0.3 is 24.6 Å². The van der Waals surface area contributed by atoms with E-state index in [2.05, 4.69) is 8.92 Å². The van der Waals surface area contributed by atoms with Gasteiger partial charge in [-0.25, -0.2) is 8.42 Å². The van der Waals surface area contributed by atoms with E-state index in [1.165, 1.54) is 6.92 Å². The summed E-state index contributed by atoms with van der Waals surface area (Å²) in [5.41, 5.74) is 0. The molecule has 0 unspecified atom stereocenters. The van der Waals surface area contributed by atoms with Crippen LogP contribution in [-0.4, -0.2) is 59.0 Å². The quantitative estimate of drug-likeness (QED) is 0.352. The van der Waals surface area contributed by atoms with Crippen molar-refractivity contribution in [3.63, 3.8) is 0 Å². The number of ether oxygens (including phenoxy) is 1. The van der Waals surface area contributed by atoms with Gasteiger partial charge in [0.05, 0.1) is 6.10 Å². The third kappa shape index (κ3) is 3.08. The standard InChI is InChI=1S/C6H12O8S/c1-2-5(14-15(10,11)12)3(7)4(8)6(9)13-2/h2-9H,1H3,(H,10,11,12)/p-1/t2-,3-,4-,5+,6-/m0/s1. The maximum Gasteiger partial charge on any atom is 0.218 e. The molecule has 1 aliphatic rings. The third-order valence-electron chi connectivity index (χ3n) is 2.02. The average Bonchev–Trinajstić information content (AvgIpc) is 2.07.